The second-order valence-corrected chi connectivity index (χ2v) is 7.11. The van der Waals surface area contributed by atoms with Gasteiger partial charge in [0.25, 0.3) is 5.91 Å². The van der Waals surface area contributed by atoms with Crippen LogP contribution in [0.25, 0.3) is 21.0 Å². The van der Waals surface area contributed by atoms with E-state index >= 15 is 0 Å². The number of nitrogens with one attached hydrogen (secondary N) is 1. The van der Waals surface area contributed by atoms with Gasteiger partial charge in [-0.1, -0.05) is 47.7 Å². The fourth-order valence-corrected chi connectivity index (χ4v) is 4.02. The third kappa shape index (κ3) is 2.62. The van der Waals surface area contributed by atoms with E-state index in [1.54, 1.807) is 0 Å². The second kappa shape index (κ2) is 5.86. The second-order valence-electron chi connectivity index (χ2n) is 6.07. The van der Waals surface area contributed by atoms with Crippen LogP contribution in [0.2, 0.25) is 0 Å². The molecule has 0 bridgehead atoms. The number of thiazole rings is 1. The highest BCUT2D eigenvalue weighted by molar-refractivity contribution is 7.22. The summed E-state index contributed by atoms with van der Waals surface area (Å²) in [7, 11) is 0. The number of nitrogens with zero attached hydrogens (tertiary/aromatic N) is 1. The highest BCUT2D eigenvalue weighted by Crippen LogP contribution is 2.34. The van der Waals surface area contributed by atoms with Gasteiger partial charge in [-0.05, 0) is 47.9 Å². The number of aryl methyl sites for hydroxylation is 2. The van der Waals surface area contributed by atoms with E-state index in [4.69, 9.17) is 5.73 Å². The van der Waals surface area contributed by atoms with Gasteiger partial charge in [-0.3, -0.25) is 4.79 Å². The highest BCUT2D eigenvalue weighted by Gasteiger charge is 2.16. The number of rotatable bonds is 2. The van der Waals surface area contributed by atoms with Crippen molar-refractivity contribution in [1.82, 2.24) is 4.98 Å². The van der Waals surface area contributed by atoms with Crippen LogP contribution in [0.5, 0.6) is 0 Å². The van der Waals surface area contributed by atoms with Crippen molar-refractivity contribution in [2.45, 2.75) is 13.8 Å². The number of nitrogen functional groups attached to an aromatic ring is 1. The number of aromatic nitrogens is 1. The minimum Gasteiger partial charge on any atom is -0.375 e. The van der Waals surface area contributed by atoms with Crippen LogP contribution >= 0.6 is 11.3 Å². The van der Waals surface area contributed by atoms with Gasteiger partial charge in [-0.25, -0.2) is 4.98 Å². The third-order valence-corrected chi connectivity index (χ3v) is 5.43. The summed E-state index contributed by atoms with van der Waals surface area (Å²) < 4.78 is 1.01. The molecule has 0 atom stereocenters. The van der Waals surface area contributed by atoms with Crippen molar-refractivity contribution >= 4 is 49.1 Å². The molecule has 0 saturated heterocycles. The number of carbonyl (C=O) groups excluding carboxylic acids is 1. The van der Waals surface area contributed by atoms with Crippen LogP contribution in [0.15, 0.2) is 48.5 Å². The van der Waals surface area contributed by atoms with Crippen molar-refractivity contribution in [2.75, 3.05) is 11.1 Å². The number of benzene rings is 3. The normalized spacial score (nSPS) is 11.1. The lowest BCUT2D eigenvalue weighted by Gasteiger charge is -2.13. The summed E-state index contributed by atoms with van der Waals surface area (Å²) in [5.74, 6) is -0.111. The Labute approximate surface area is 149 Å². The van der Waals surface area contributed by atoms with E-state index in [2.05, 4.69) is 10.3 Å². The smallest absolute Gasteiger partial charge is 0.256 e. The van der Waals surface area contributed by atoms with Crippen molar-refractivity contribution in [1.29, 1.82) is 0 Å². The first-order valence-electron chi connectivity index (χ1n) is 8.00. The minimum atomic E-state index is -0.111. The number of hydrogen-bond acceptors (Lipinski definition) is 4. The van der Waals surface area contributed by atoms with Gasteiger partial charge in [-0.15, -0.1) is 0 Å². The average molecular weight is 347 g/mol. The molecule has 1 amide bonds. The van der Waals surface area contributed by atoms with Gasteiger partial charge in [0.05, 0.1) is 10.2 Å². The molecular formula is C20H17N3OS. The number of hydrogen-bond donors (Lipinski definition) is 2. The molecule has 0 unspecified atom stereocenters. The Bertz CT molecular complexity index is 1130. The van der Waals surface area contributed by atoms with Crippen LogP contribution in [-0.4, -0.2) is 10.9 Å². The van der Waals surface area contributed by atoms with Crippen molar-refractivity contribution in [2.24, 2.45) is 0 Å². The van der Waals surface area contributed by atoms with Crippen LogP contribution in [0.4, 0.5) is 10.8 Å². The number of anilines is 2. The first-order chi connectivity index (χ1) is 12.0. The lowest BCUT2D eigenvalue weighted by Crippen LogP contribution is -2.14. The van der Waals surface area contributed by atoms with Crippen LogP contribution in [0.3, 0.4) is 0 Å². The van der Waals surface area contributed by atoms with Gasteiger partial charge in [0, 0.05) is 11.3 Å². The molecule has 1 aromatic heterocycles. The molecule has 25 heavy (non-hydrogen) atoms. The first kappa shape index (κ1) is 15.6. The van der Waals surface area contributed by atoms with Crippen LogP contribution in [0, 0.1) is 13.8 Å². The molecule has 0 aliphatic rings. The molecular weight excluding hydrogens is 330 g/mol. The predicted molar refractivity (Wildman–Crippen MR) is 105 cm³/mol. The first-order valence-corrected chi connectivity index (χ1v) is 8.81. The van der Waals surface area contributed by atoms with Gasteiger partial charge in [-0.2, -0.15) is 0 Å². The summed E-state index contributed by atoms with van der Waals surface area (Å²) in [4.78, 5) is 17.3. The highest BCUT2D eigenvalue weighted by atomic mass is 32.1. The summed E-state index contributed by atoms with van der Waals surface area (Å²) in [6.07, 6.45) is 0. The Morgan fingerprint density at radius 1 is 1.12 bits per heavy atom. The van der Waals surface area contributed by atoms with Crippen molar-refractivity contribution in [3.8, 4) is 0 Å². The Kier molecular flexibility index (Phi) is 3.66. The van der Waals surface area contributed by atoms with Gasteiger partial charge in [0.2, 0.25) is 0 Å². The lowest BCUT2D eigenvalue weighted by atomic mass is 10.0. The Morgan fingerprint density at radius 2 is 1.88 bits per heavy atom. The quantitative estimate of drug-likeness (QED) is 0.542. The molecule has 124 valence electrons. The number of fused-ring (bicyclic) bond motifs is 2. The van der Waals surface area contributed by atoms with Gasteiger partial charge >= 0.3 is 0 Å². The van der Waals surface area contributed by atoms with Crippen molar-refractivity contribution < 1.29 is 4.79 Å². The van der Waals surface area contributed by atoms with E-state index in [9.17, 15) is 4.79 Å². The maximum absolute atomic E-state index is 12.9. The lowest BCUT2D eigenvalue weighted by molar-refractivity contribution is 0.102. The largest absolute Gasteiger partial charge is 0.375 e. The number of amides is 1. The van der Waals surface area contributed by atoms with E-state index in [1.807, 2.05) is 62.4 Å². The van der Waals surface area contributed by atoms with Crippen LogP contribution in [0.1, 0.15) is 21.5 Å². The van der Waals surface area contributed by atoms with Crippen molar-refractivity contribution in [3.63, 3.8) is 0 Å². The summed E-state index contributed by atoms with van der Waals surface area (Å²) in [5, 5.41) is 5.62. The molecule has 0 aliphatic heterocycles. The Hall–Kier alpha value is -2.92. The van der Waals surface area contributed by atoms with E-state index in [0.29, 0.717) is 10.7 Å². The molecule has 1 heterocycles. The molecule has 4 rings (SSSR count). The topological polar surface area (TPSA) is 68.0 Å². The van der Waals surface area contributed by atoms with Gasteiger partial charge in [0.1, 0.15) is 0 Å². The summed E-state index contributed by atoms with van der Waals surface area (Å²) in [5.41, 5.74) is 10.2. The maximum atomic E-state index is 12.9. The zero-order chi connectivity index (χ0) is 17.6. The summed E-state index contributed by atoms with van der Waals surface area (Å²) in [6, 6.07) is 15.6. The molecule has 0 saturated carbocycles. The predicted octanol–water partition coefficient (Wildman–Crippen LogP) is 4.90. The number of nitrogens with two attached hydrogens (primary N) is 1. The SMILES string of the molecule is Cc1cc2nc(N)sc2c(C)c1NC(=O)c1cccc2ccccc12. The summed E-state index contributed by atoms with van der Waals surface area (Å²) >= 11 is 1.44. The number of carbonyl (C=O) groups is 1. The zero-order valence-corrected chi connectivity index (χ0v) is 14.8. The standard InChI is InChI=1S/C20H17N3OS/c1-11-10-16-18(25-20(21)22-16)12(2)17(11)23-19(24)15-9-5-7-13-6-3-4-8-14(13)15/h3-10H,1-2H3,(H2,21,22)(H,23,24). The fraction of sp³-hybridized carbons (Fsp3) is 0.100. The molecule has 3 N–H and O–H groups in total. The van der Waals surface area contributed by atoms with E-state index in [1.165, 1.54) is 11.3 Å². The Balaban J connectivity index is 1.79. The fourth-order valence-electron chi connectivity index (χ4n) is 3.20. The molecule has 0 aliphatic carbocycles. The van der Waals surface area contributed by atoms with E-state index < -0.39 is 0 Å². The monoisotopic (exact) mass is 347 g/mol. The third-order valence-electron chi connectivity index (χ3n) is 4.41. The van der Waals surface area contributed by atoms with Crippen LogP contribution < -0.4 is 11.1 Å². The molecule has 5 heteroatoms. The van der Waals surface area contributed by atoms with E-state index in [-0.39, 0.29) is 5.91 Å². The Morgan fingerprint density at radius 3 is 2.72 bits per heavy atom. The molecule has 4 aromatic rings. The molecule has 0 spiro atoms. The molecule has 4 nitrogen and oxygen atoms in total. The van der Waals surface area contributed by atoms with Crippen LogP contribution in [-0.2, 0) is 0 Å². The molecule has 0 radical (unpaired) electrons. The molecule has 3 aromatic carbocycles. The van der Waals surface area contributed by atoms with Crippen molar-refractivity contribution in [3.05, 3.63) is 65.2 Å². The molecule has 0 fully saturated rings. The minimum absolute atomic E-state index is 0.111. The van der Waals surface area contributed by atoms with E-state index in [0.717, 1.165) is 37.8 Å². The average Bonchev–Trinajstić information content (AvgIpc) is 2.98. The van der Waals surface area contributed by atoms with Gasteiger partial charge < -0.3 is 11.1 Å². The zero-order valence-electron chi connectivity index (χ0n) is 14.0. The van der Waals surface area contributed by atoms with Gasteiger partial charge in [0.15, 0.2) is 5.13 Å². The summed E-state index contributed by atoms with van der Waals surface area (Å²) in [6.45, 7) is 3.96. The maximum Gasteiger partial charge on any atom is 0.256 e.